The summed E-state index contributed by atoms with van der Waals surface area (Å²) in [6.45, 7) is 2.09. The van der Waals surface area contributed by atoms with Gasteiger partial charge in [0.1, 0.15) is 5.56 Å². The van der Waals surface area contributed by atoms with Gasteiger partial charge in [0.25, 0.3) is 11.8 Å². The molecule has 0 saturated heterocycles. The lowest BCUT2D eigenvalue weighted by Crippen LogP contribution is -2.28. The molecule has 1 atom stereocenters. The number of hydrogen-bond acceptors (Lipinski definition) is 7. The summed E-state index contributed by atoms with van der Waals surface area (Å²) in [5.74, 6) is -1.47. The molecule has 2 N–H and O–H groups in total. The predicted octanol–water partition coefficient (Wildman–Crippen LogP) is 4.25. The first-order valence-corrected chi connectivity index (χ1v) is 9.82. The number of carbonyl (C=O) groups is 1. The van der Waals surface area contributed by atoms with Crippen molar-refractivity contribution in [3.63, 3.8) is 0 Å². The molecule has 0 radical (unpaired) electrons. The van der Waals surface area contributed by atoms with E-state index in [-0.39, 0.29) is 11.4 Å². The zero-order valence-corrected chi connectivity index (χ0v) is 17.1. The Morgan fingerprint density at radius 1 is 1.03 bits per heavy atom. The molecule has 0 bridgehead atoms. The number of halogens is 3. The van der Waals surface area contributed by atoms with Crippen molar-refractivity contribution in [1.82, 2.24) is 20.6 Å². The molecule has 1 amide bonds. The summed E-state index contributed by atoms with van der Waals surface area (Å²) >= 11 is 0. The molecule has 11 heteroatoms. The third-order valence-corrected chi connectivity index (χ3v) is 4.72. The number of nitrogens with one attached hydrogen (secondary N) is 1. The number of amides is 1. The average molecular weight is 458 g/mol. The smallest absolute Gasteiger partial charge is 0.378 e. The van der Waals surface area contributed by atoms with Crippen molar-refractivity contribution in [2.24, 2.45) is 0 Å². The SMILES string of the molecule is CCNC(=O)[C@H](O)c1ccc(-c2noc(-c3noc(-c4ccccc4)c3C(F)(F)F)n2)cc1. The van der Waals surface area contributed by atoms with E-state index in [1.54, 1.807) is 25.1 Å². The van der Waals surface area contributed by atoms with Gasteiger partial charge in [0.2, 0.25) is 5.82 Å². The van der Waals surface area contributed by atoms with E-state index in [0.717, 1.165) is 0 Å². The lowest BCUT2D eigenvalue weighted by atomic mass is 10.1. The molecule has 2 aromatic carbocycles. The van der Waals surface area contributed by atoms with Crippen LogP contribution < -0.4 is 5.32 Å². The molecule has 2 aromatic heterocycles. The number of aliphatic hydroxyl groups excluding tert-OH is 1. The van der Waals surface area contributed by atoms with Crippen LogP contribution in [0.5, 0.6) is 0 Å². The van der Waals surface area contributed by atoms with E-state index in [0.29, 0.717) is 17.7 Å². The molecule has 4 aromatic rings. The van der Waals surface area contributed by atoms with Crippen molar-refractivity contribution < 1.29 is 32.1 Å². The average Bonchev–Trinajstić information content (AvgIpc) is 3.47. The minimum atomic E-state index is -4.79. The lowest BCUT2D eigenvalue weighted by Gasteiger charge is -2.10. The number of benzene rings is 2. The van der Waals surface area contributed by atoms with Crippen LogP contribution in [-0.4, -0.2) is 32.9 Å². The molecule has 0 aliphatic carbocycles. The largest absolute Gasteiger partial charge is 0.422 e. The van der Waals surface area contributed by atoms with Crippen molar-refractivity contribution in [2.45, 2.75) is 19.2 Å². The molecule has 0 aliphatic rings. The second-order valence-electron chi connectivity index (χ2n) is 6.94. The molecule has 33 heavy (non-hydrogen) atoms. The topological polar surface area (TPSA) is 114 Å². The van der Waals surface area contributed by atoms with Gasteiger partial charge < -0.3 is 19.5 Å². The third-order valence-electron chi connectivity index (χ3n) is 4.72. The maximum Gasteiger partial charge on any atom is 0.422 e. The number of aliphatic hydroxyl groups is 1. The zero-order valence-electron chi connectivity index (χ0n) is 17.1. The summed E-state index contributed by atoms with van der Waals surface area (Å²) in [6, 6.07) is 13.7. The molecular formula is C22H17F3N4O4. The highest BCUT2D eigenvalue weighted by molar-refractivity contribution is 5.82. The van der Waals surface area contributed by atoms with Gasteiger partial charge >= 0.3 is 6.18 Å². The summed E-state index contributed by atoms with van der Waals surface area (Å²) in [6.07, 6.45) is -6.15. The van der Waals surface area contributed by atoms with Gasteiger partial charge in [0.15, 0.2) is 17.6 Å². The fourth-order valence-electron chi connectivity index (χ4n) is 3.16. The van der Waals surface area contributed by atoms with Gasteiger partial charge in [-0.3, -0.25) is 4.79 Å². The van der Waals surface area contributed by atoms with Crippen LogP contribution in [0.1, 0.15) is 24.2 Å². The molecule has 8 nitrogen and oxygen atoms in total. The maximum absolute atomic E-state index is 13.8. The highest BCUT2D eigenvalue weighted by Gasteiger charge is 2.42. The van der Waals surface area contributed by atoms with Gasteiger partial charge in [-0.2, -0.15) is 18.2 Å². The van der Waals surface area contributed by atoms with Crippen LogP contribution in [0.3, 0.4) is 0 Å². The Hall–Kier alpha value is -3.99. The molecule has 0 spiro atoms. The zero-order chi connectivity index (χ0) is 23.6. The molecular weight excluding hydrogens is 441 g/mol. The Bertz CT molecular complexity index is 1250. The van der Waals surface area contributed by atoms with E-state index < -0.39 is 41.1 Å². The second kappa shape index (κ2) is 8.87. The molecule has 0 fully saturated rings. The summed E-state index contributed by atoms with van der Waals surface area (Å²) in [7, 11) is 0. The second-order valence-corrected chi connectivity index (χ2v) is 6.94. The van der Waals surface area contributed by atoms with Crippen molar-refractivity contribution >= 4 is 5.91 Å². The minimum Gasteiger partial charge on any atom is -0.378 e. The van der Waals surface area contributed by atoms with E-state index >= 15 is 0 Å². The van der Waals surface area contributed by atoms with E-state index in [1.165, 1.54) is 36.4 Å². The van der Waals surface area contributed by atoms with Gasteiger partial charge in [-0.15, -0.1) is 0 Å². The van der Waals surface area contributed by atoms with Gasteiger partial charge in [-0.05, 0) is 12.5 Å². The van der Waals surface area contributed by atoms with E-state index in [4.69, 9.17) is 9.05 Å². The summed E-state index contributed by atoms with van der Waals surface area (Å²) in [5, 5.41) is 19.8. The first kappa shape index (κ1) is 22.2. The highest BCUT2D eigenvalue weighted by Crippen LogP contribution is 2.43. The van der Waals surface area contributed by atoms with E-state index in [1.807, 2.05) is 0 Å². The number of hydrogen-bond donors (Lipinski definition) is 2. The van der Waals surface area contributed by atoms with E-state index in [2.05, 4.69) is 20.6 Å². The Morgan fingerprint density at radius 3 is 2.36 bits per heavy atom. The van der Waals surface area contributed by atoms with Gasteiger partial charge in [0, 0.05) is 17.7 Å². The Balaban J connectivity index is 1.66. The number of aromatic nitrogens is 3. The van der Waals surface area contributed by atoms with Crippen LogP contribution in [0.2, 0.25) is 0 Å². The minimum absolute atomic E-state index is 0.00133. The van der Waals surface area contributed by atoms with Gasteiger partial charge in [0.05, 0.1) is 0 Å². The molecule has 0 aliphatic heterocycles. The molecule has 2 heterocycles. The Labute approximate surface area is 185 Å². The summed E-state index contributed by atoms with van der Waals surface area (Å²) in [4.78, 5) is 15.8. The third kappa shape index (κ3) is 4.48. The number of rotatable bonds is 6. The fourth-order valence-corrected chi connectivity index (χ4v) is 3.16. The van der Waals surface area contributed by atoms with Crippen LogP contribution in [0, 0.1) is 0 Å². The predicted molar refractivity (Wildman–Crippen MR) is 109 cm³/mol. The van der Waals surface area contributed by atoms with Crippen LogP contribution in [-0.2, 0) is 11.0 Å². The quantitative estimate of drug-likeness (QED) is 0.444. The summed E-state index contributed by atoms with van der Waals surface area (Å²) in [5.41, 5.74) is -0.814. The number of alkyl halides is 3. The van der Waals surface area contributed by atoms with Crippen LogP contribution in [0.4, 0.5) is 13.2 Å². The van der Waals surface area contributed by atoms with Gasteiger partial charge in [-0.25, -0.2) is 0 Å². The Morgan fingerprint density at radius 2 is 1.73 bits per heavy atom. The van der Waals surface area contributed by atoms with Crippen LogP contribution in [0.25, 0.3) is 34.3 Å². The first-order chi connectivity index (χ1) is 15.8. The number of likely N-dealkylation sites (N-methyl/N-ethyl adjacent to an activating group) is 1. The fraction of sp³-hybridized carbons (Fsp3) is 0.182. The molecule has 0 saturated carbocycles. The maximum atomic E-state index is 13.8. The number of nitrogens with zero attached hydrogens (tertiary/aromatic N) is 3. The van der Waals surface area contributed by atoms with Crippen molar-refractivity contribution in [2.75, 3.05) is 6.54 Å². The molecule has 0 unspecified atom stereocenters. The lowest BCUT2D eigenvalue weighted by molar-refractivity contribution is -0.137. The molecule has 4 rings (SSSR count). The molecule has 170 valence electrons. The monoisotopic (exact) mass is 458 g/mol. The standard InChI is InChI=1S/C22H17F3N4O4/c1-2-26-20(31)17(30)12-8-10-14(11-9-12)19-27-21(33-29-19)16-15(22(23,24)25)18(32-28-16)13-6-4-3-5-7-13/h3-11,17,30H,2H2,1H3,(H,26,31)/t17-/m1/s1. The van der Waals surface area contributed by atoms with E-state index in [9.17, 15) is 23.1 Å². The summed E-state index contributed by atoms with van der Waals surface area (Å²) < 4.78 is 51.6. The normalized spacial score (nSPS) is 12.5. The van der Waals surface area contributed by atoms with Gasteiger partial charge in [-0.1, -0.05) is 64.9 Å². The van der Waals surface area contributed by atoms with Crippen molar-refractivity contribution in [1.29, 1.82) is 0 Å². The highest BCUT2D eigenvalue weighted by atomic mass is 19.4. The Kier molecular flexibility index (Phi) is 5.97. The van der Waals surface area contributed by atoms with Crippen LogP contribution >= 0.6 is 0 Å². The number of carbonyl (C=O) groups excluding carboxylic acids is 1. The van der Waals surface area contributed by atoms with Crippen molar-refractivity contribution in [3.8, 4) is 34.3 Å². The van der Waals surface area contributed by atoms with Crippen molar-refractivity contribution in [3.05, 3.63) is 65.7 Å². The first-order valence-electron chi connectivity index (χ1n) is 9.82. The van der Waals surface area contributed by atoms with Crippen LogP contribution in [0.15, 0.2) is 63.6 Å².